The summed E-state index contributed by atoms with van der Waals surface area (Å²) in [5.41, 5.74) is 1.68. The van der Waals surface area contributed by atoms with E-state index in [-0.39, 0.29) is 10.7 Å². The minimum absolute atomic E-state index is 0.117. The number of nitrogens with one attached hydrogen (secondary N) is 1. The fourth-order valence-electron chi connectivity index (χ4n) is 2.30. The highest BCUT2D eigenvalue weighted by atomic mass is 35.5. The zero-order chi connectivity index (χ0) is 16.2. The van der Waals surface area contributed by atoms with Crippen LogP contribution in [0.3, 0.4) is 0 Å². The molecule has 1 unspecified atom stereocenters. The number of rotatable bonds is 3. The summed E-state index contributed by atoms with van der Waals surface area (Å²) < 4.78 is 0. The van der Waals surface area contributed by atoms with Gasteiger partial charge in [-0.3, -0.25) is 4.79 Å². The first kappa shape index (κ1) is 15.0. The van der Waals surface area contributed by atoms with Crippen LogP contribution in [0.5, 0.6) is 0 Å². The Labute approximate surface area is 138 Å². The molecule has 1 amide bonds. The number of carbonyl (C=O) groups excluding carboxylic acids is 1. The van der Waals surface area contributed by atoms with Crippen LogP contribution in [-0.2, 0) is 0 Å². The standard InChI is InChI=1S/C18H12ClN3O/c19-17-14(10-13-8-4-5-9-15(13)21-17)18(23)22-16(11-20)12-6-2-1-3-7-12/h1-10,16H,(H,22,23). The Morgan fingerprint density at radius 1 is 1.13 bits per heavy atom. The lowest BCUT2D eigenvalue weighted by atomic mass is 10.1. The van der Waals surface area contributed by atoms with E-state index in [4.69, 9.17) is 11.6 Å². The van der Waals surface area contributed by atoms with E-state index in [1.165, 1.54) is 0 Å². The van der Waals surface area contributed by atoms with Crippen LogP contribution in [0, 0.1) is 11.3 Å². The molecular weight excluding hydrogens is 310 g/mol. The van der Waals surface area contributed by atoms with Gasteiger partial charge in [-0.2, -0.15) is 5.26 Å². The normalized spacial score (nSPS) is 11.7. The van der Waals surface area contributed by atoms with E-state index in [1.807, 2.05) is 42.5 Å². The molecule has 0 aliphatic heterocycles. The fourth-order valence-corrected chi connectivity index (χ4v) is 2.53. The summed E-state index contributed by atoms with van der Waals surface area (Å²) in [5.74, 6) is -0.427. The van der Waals surface area contributed by atoms with Crippen molar-refractivity contribution < 1.29 is 4.79 Å². The van der Waals surface area contributed by atoms with Gasteiger partial charge in [-0.05, 0) is 17.7 Å². The van der Waals surface area contributed by atoms with Gasteiger partial charge < -0.3 is 5.32 Å². The summed E-state index contributed by atoms with van der Waals surface area (Å²) in [4.78, 5) is 16.7. The van der Waals surface area contributed by atoms with Crippen LogP contribution >= 0.6 is 11.6 Å². The number of nitriles is 1. The van der Waals surface area contributed by atoms with Crippen molar-refractivity contribution >= 4 is 28.4 Å². The number of pyridine rings is 1. The van der Waals surface area contributed by atoms with Crippen LogP contribution < -0.4 is 5.32 Å². The van der Waals surface area contributed by atoms with Crippen LogP contribution in [-0.4, -0.2) is 10.9 Å². The van der Waals surface area contributed by atoms with E-state index < -0.39 is 11.9 Å². The topological polar surface area (TPSA) is 65.8 Å². The molecule has 3 rings (SSSR count). The van der Waals surface area contributed by atoms with Crippen LogP contribution in [0.4, 0.5) is 0 Å². The Morgan fingerprint density at radius 2 is 1.83 bits per heavy atom. The van der Waals surface area contributed by atoms with Crippen molar-refractivity contribution in [1.82, 2.24) is 10.3 Å². The van der Waals surface area contributed by atoms with Crippen LogP contribution in [0.1, 0.15) is 22.0 Å². The van der Waals surface area contributed by atoms with E-state index in [0.717, 1.165) is 5.39 Å². The van der Waals surface area contributed by atoms with Crippen molar-refractivity contribution in [3.8, 4) is 6.07 Å². The van der Waals surface area contributed by atoms with E-state index in [9.17, 15) is 10.1 Å². The fraction of sp³-hybridized carbons (Fsp3) is 0.0556. The first-order valence-electron chi connectivity index (χ1n) is 7.00. The SMILES string of the molecule is N#CC(NC(=O)c1cc2ccccc2nc1Cl)c1ccccc1. The van der Waals surface area contributed by atoms with E-state index >= 15 is 0 Å². The highest BCUT2D eigenvalue weighted by Crippen LogP contribution is 2.21. The van der Waals surface area contributed by atoms with E-state index in [1.54, 1.807) is 18.2 Å². The molecule has 5 heteroatoms. The average molecular weight is 322 g/mol. The largest absolute Gasteiger partial charge is 0.332 e. The molecule has 112 valence electrons. The predicted octanol–water partition coefficient (Wildman–Crippen LogP) is 3.88. The smallest absolute Gasteiger partial charge is 0.255 e. The number of halogens is 1. The molecule has 23 heavy (non-hydrogen) atoms. The summed E-state index contributed by atoms with van der Waals surface area (Å²) in [6.45, 7) is 0. The second kappa shape index (κ2) is 6.47. The zero-order valence-electron chi connectivity index (χ0n) is 12.0. The average Bonchev–Trinajstić information content (AvgIpc) is 2.59. The van der Waals surface area contributed by atoms with Gasteiger partial charge in [0.15, 0.2) is 0 Å². The Balaban J connectivity index is 1.91. The van der Waals surface area contributed by atoms with Gasteiger partial charge in [0.1, 0.15) is 11.2 Å². The molecule has 3 aromatic rings. The van der Waals surface area contributed by atoms with Crippen molar-refractivity contribution in [2.24, 2.45) is 0 Å². The van der Waals surface area contributed by atoms with Crippen molar-refractivity contribution in [3.05, 3.63) is 76.9 Å². The molecule has 1 N–H and O–H groups in total. The number of para-hydroxylation sites is 1. The summed E-state index contributed by atoms with van der Waals surface area (Å²) in [6.07, 6.45) is 0. The summed E-state index contributed by atoms with van der Waals surface area (Å²) in [6, 6.07) is 19.5. The Hall–Kier alpha value is -2.90. The summed E-state index contributed by atoms with van der Waals surface area (Å²) in [5, 5.41) is 12.9. The number of hydrogen-bond acceptors (Lipinski definition) is 3. The van der Waals surface area contributed by atoms with E-state index in [2.05, 4.69) is 16.4 Å². The number of benzene rings is 2. The second-order valence-electron chi connectivity index (χ2n) is 4.97. The van der Waals surface area contributed by atoms with Gasteiger partial charge in [0.2, 0.25) is 0 Å². The highest BCUT2D eigenvalue weighted by Gasteiger charge is 2.18. The lowest BCUT2D eigenvalue weighted by Gasteiger charge is -2.13. The molecule has 0 aliphatic carbocycles. The van der Waals surface area contributed by atoms with Crippen LogP contribution in [0.25, 0.3) is 10.9 Å². The molecule has 1 atom stereocenters. The van der Waals surface area contributed by atoms with E-state index in [0.29, 0.717) is 11.1 Å². The lowest BCUT2D eigenvalue weighted by molar-refractivity contribution is 0.0945. The molecule has 0 bridgehead atoms. The first-order chi connectivity index (χ1) is 11.2. The third-order valence-electron chi connectivity index (χ3n) is 3.46. The maximum absolute atomic E-state index is 12.5. The molecular formula is C18H12ClN3O. The minimum Gasteiger partial charge on any atom is -0.332 e. The van der Waals surface area contributed by atoms with Gasteiger partial charge in [-0.1, -0.05) is 60.1 Å². The lowest BCUT2D eigenvalue weighted by Crippen LogP contribution is -2.28. The number of carbonyl (C=O) groups is 1. The van der Waals surface area contributed by atoms with Crippen LogP contribution in [0.2, 0.25) is 5.15 Å². The number of fused-ring (bicyclic) bond motifs is 1. The quantitative estimate of drug-likeness (QED) is 0.744. The zero-order valence-corrected chi connectivity index (χ0v) is 12.8. The third-order valence-corrected chi connectivity index (χ3v) is 3.75. The molecule has 0 aliphatic rings. The maximum atomic E-state index is 12.5. The number of hydrogen-bond donors (Lipinski definition) is 1. The van der Waals surface area contributed by atoms with Gasteiger partial charge in [0.25, 0.3) is 5.91 Å². The van der Waals surface area contributed by atoms with Crippen molar-refractivity contribution in [2.45, 2.75) is 6.04 Å². The van der Waals surface area contributed by atoms with Gasteiger partial charge in [0.05, 0.1) is 17.1 Å². The molecule has 1 heterocycles. The number of nitrogens with zero attached hydrogens (tertiary/aromatic N) is 2. The Kier molecular flexibility index (Phi) is 4.22. The maximum Gasteiger partial charge on any atom is 0.255 e. The Bertz CT molecular complexity index is 903. The summed E-state index contributed by atoms with van der Waals surface area (Å²) in [7, 11) is 0. The predicted molar refractivity (Wildman–Crippen MR) is 89.0 cm³/mol. The summed E-state index contributed by atoms with van der Waals surface area (Å²) >= 11 is 6.12. The van der Waals surface area contributed by atoms with Crippen molar-refractivity contribution in [1.29, 1.82) is 5.26 Å². The molecule has 1 aromatic heterocycles. The van der Waals surface area contributed by atoms with Crippen molar-refractivity contribution in [2.75, 3.05) is 0 Å². The molecule has 0 fully saturated rings. The Morgan fingerprint density at radius 3 is 2.57 bits per heavy atom. The molecule has 0 radical (unpaired) electrons. The monoisotopic (exact) mass is 321 g/mol. The molecule has 2 aromatic carbocycles. The van der Waals surface area contributed by atoms with Gasteiger partial charge in [0, 0.05) is 5.39 Å². The van der Waals surface area contributed by atoms with Gasteiger partial charge in [-0.25, -0.2) is 4.98 Å². The molecule has 4 nitrogen and oxygen atoms in total. The minimum atomic E-state index is -0.744. The van der Waals surface area contributed by atoms with Crippen LogP contribution in [0.15, 0.2) is 60.7 Å². The highest BCUT2D eigenvalue weighted by molar-refractivity contribution is 6.33. The molecule has 0 saturated carbocycles. The second-order valence-corrected chi connectivity index (χ2v) is 5.32. The molecule has 0 spiro atoms. The first-order valence-corrected chi connectivity index (χ1v) is 7.37. The van der Waals surface area contributed by atoms with Crippen molar-refractivity contribution in [3.63, 3.8) is 0 Å². The third kappa shape index (κ3) is 3.15. The number of amides is 1. The van der Waals surface area contributed by atoms with Gasteiger partial charge >= 0.3 is 0 Å². The van der Waals surface area contributed by atoms with Gasteiger partial charge in [-0.15, -0.1) is 0 Å². The molecule has 0 saturated heterocycles. The number of aromatic nitrogens is 1.